The van der Waals surface area contributed by atoms with Crippen molar-refractivity contribution < 1.29 is 9.53 Å². The van der Waals surface area contributed by atoms with Crippen LogP contribution >= 0.6 is 0 Å². The lowest BCUT2D eigenvalue weighted by atomic mass is 9.62. The van der Waals surface area contributed by atoms with E-state index < -0.39 is 5.41 Å². The van der Waals surface area contributed by atoms with Gasteiger partial charge < -0.3 is 20.3 Å². The Labute approximate surface area is 215 Å². The highest BCUT2D eigenvalue weighted by molar-refractivity contribution is 6.19. The largest absolute Gasteiger partial charge is 0.490 e. The number of fused-ring (bicyclic) bond motifs is 1. The summed E-state index contributed by atoms with van der Waals surface area (Å²) >= 11 is 0. The number of nitrogens with one attached hydrogen (secondary N) is 2. The average Bonchev–Trinajstić information content (AvgIpc) is 3.38. The molecular formula is C29H41N5O2. The topological polar surface area (TPSA) is 78.3 Å². The van der Waals surface area contributed by atoms with Crippen molar-refractivity contribution in [3.05, 3.63) is 36.0 Å². The van der Waals surface area contributed by atoms with Crippen molar-refractivity contribution in [3.63, 3.8) is 0 Å². The van der Waals surface area contributed by atoms with Crippen molar-refractivity contribution >= 4 is 23.3 Å². The van der Waals surface area contributed by atoms with Gasteiger partial charge in [-0.15, -0.1) is 0 Å². The minimum Gasteiger partial charge on any atom is -0.490 e. The molecule has 3 aliphatic heterocycles. The Morgan fingerprint density at radius 3 is 2.53 bits per heavy atom. The van der Waals surface area contributed by atoms with Gasteiger partial charge in [0.2, 0.25) is 5.91 Å². The van der Waals surface area contributed by atoms with Crippen molar-refractivity contribution in [3.8, 4) is 5.75 Å². The van der Waals surface area contributed by atoms with Crippen LogP contribution in [0.1, 0.15) is 65.7 Å². The number of amidine groups is 2. The van der Waals surface area contributed by atoms with Crippen LogP contribution in [0.5, 0.6) is 5.75 Å². The zero-order valence-corrected chi connectivity index (χ0v) is 22.2. The summed E-state index contributed by atoms with van der Waals surface area (Å²) in [5, 5.41) is 6.52. The predicted molar refractivity (Wildman–Crippen MR) is 146 cm³/mol. The van der Waals surface area contributed by atoms with Gasteiger partial charge in [-0.1, -0.05) is 12.5 Å². The molecule has 194 valence electrons. The fourth-order valence-electron chi connectivity index (χ4n) is 6.42. The number of carbonyl (C=O) groups is 1. The second-order valence-corrected chi connectivity index (χ2v) is 11.2. The summed E-state index contributed by atoms with van der Waals surface area (Å²) in [4.78, 5) is 26.1. The monoisotopic (exact) mass is 491 g/mol. The highest BCUT2D eigenvalue weighted by atomic mass is 16.5. The fourth-order valence-corrected chi connectivity index (χ4v) is 6.42. The van der Waals surface area contributed by atoms with Gasteiger partial charge in [0.1, 0.15) is 22.8 Å². The normalized spacial score (nSPS) is 31.0. The third-order valence-corrected chi connectivity index (χ3v) is 8.63. The molecule has 0 radical (unpaired) electrons. The van der Waals surface area contributed by atoms with Gasteiger partial charge in [-0.25, -0.2) is 4.99 Å². The predicted octanol–water partition coefficient (Wildman–Crippen LogP) is 5.01. The SMILES string of the molecule is CCC1C(=NC2CCN(C)CC2)N=C(Nc2ccc(OC3CCCC3)cc2)C2(C)C(=O)NC=C(C)C12. The second-order valence-electron chi connectivity index (χ2n) is 11.2. The van der Waals surface area contributed by atoms with E-state index >= 15 is 0 Å². The van der Waals surface area contributed by atoms with E-state index in [1.54, 1.807) is 0 Å². The van der Waals surface area contributed by atoms with Crippen molar-refractivity contribution in [1.29, 1.82) is 0 Å². The molecule has 3 heterocycles. The van der Waals surface area contributed by atoms with E-state index in [0.717, 1.165) is 62.5 Å². The molecule has 1 aromatic carbocycles. The first-order chi connectivity index (χ1) is 17.4. The van der Waals surface area contributed by atoms with Crippen LogP contribution in [0.4, 0.5) is 5.69 Å². The molecule has 1 saturated heterocycles. The molecule has 7 heteroatoms. The van der Waals surface area contributed by atoms with Crippen LogP contribution in [0.2, 0.25) is 0 Å². The van der Waals surface area contributed by atoms with Crippen molar-refractivity contribution in [1.82, 2.24) is 10.2 Å². The van der Waals surface area contributed by atoms with Crippen LogP contribution in [0, 0.1) is 17.3 Å². The zero-order valence-electron chi connectivity index (χ0n) is 22.2. The molecule has 4 aliphatic rings. The van der Waals surface area contributed by atoms with Crippen LogP contribution in [0.3, 0.4) is 0 Å². The molecule has 7 nitrogen and oxygen atoms in total. The number of piperidine rings is 1. The lowest BCUT2D eigenvalue weighted by Crippen LogP contribution is -2.59. The number of nitrogens with zero attached hydrogens (tertiary/aromatic N) is 3. The second kappa shape index (κ2) is 10.4. The van der Waals surface area contributed by atoms with Gasteiger partial charge >= 0.3 is 0 Å². The van der Waals surface area contributed by atoms with Crippen molar-refractivity contribution in [2.75, 3.05) is 25.5 Å². The van der Waals surface area contributed by atoms with Crippen LogP contribution in [-0.2, 0) is 4.79 Å². The highest BCUT2D eigenvalue weighted by Crippen LogP contribution is 2.47. The molecule has 2 N–H and O–H groups in total. The minimum absolute atomic E-state index is 0.0117. The van der Waals surface area contributed by atoms with Crippen LogP contribution < -0.4 is 15.4 Å². The Balaban J connectivity index is 1.46. The number of anilines is 1. The Morgan fingerprint density at radius 2 is 1.86 bits per heavy atom. The summed E-state index contributed by atoms with van der Waals surface area (Å²) < 4.78 is 6.14. The van der Waals surface area contributed by atoms with E-state index in [2.05, 4.69) is 36.4 Å². The third kappa shape index (κ3) is 4.82. The average molecular weight is 492 g/mol. The van der Waals surface area contributed by atoms with E-state index in [9.17, 15) is 4.79 Å². The summed E-state index contributed by atoms with van der Waals surface area (Å²) in [7, 11) is 2.17. The van der Waals surface area contributed by atoms with Gasteiger partial charge in [0, 0.05) is 23.7 Å². The van der Waals surface area contributed by atoms with E-state index in [1.165, 1.54) is 18.4 Å². The summed E-state index contributed by atoms with van der Waals surface area (Å²) in [5.41, 5.74) is 1.29. The van der Waals surface area contributed by atoms with Gasteiger partial charge in [-0.2, -0.15) is 0 Å². The number of amides is 1. The van der Waals surface area contributed by atoms with Crippen LogP contribution in [-0.4, -0.2) is 54.8 Å². The van der Waals surface area contributed by atoms with Crippen LogP contribution in [0.25, 0.3) is 0 Å². The van der Waals surface area contributed by atoms with Crippen molar-refractivity contribution in [2.24, 2.45) is 27.2 Å². The van der Waals surface area contributed by atoms with Gasteiger partial charge in [-0.3, -0.25) is 9.79 Å². The lowest BCUT2D eigenvalue weighted by Gasteiger charge is -2.47. The summed E-state index contributed by atoms with van der Waals surface area (Å²) in [6.07, 6.45) is 9.98. The molecule has 3 atom stereocenters. The van der Waals surface area contributed by atoms with E-state index in [1.807, 2.05) is 37.4 Å². The fraction of sp³-hybridized carbons (Fsp3) is 0.621. The smallest absolute Gasteiger partial charge is 0.238 e. The Bertz CT molecular complexity index is 1050. The first-order valence-electron chi connectivity index (χ1n) is 13.7. The molecule has 0 aromatic heterocycles. The van der Waals surface area contributed by atoms with Crippen LogP contribution in [0.15, 0.2) is 46.0 Å². The molecular weight excluding hydrogens is 450 g/mol. The minimum atomic E-state index is -0.787. The van der Waals surface area contributed by atoms with E-state index in [-0.39, 0.29) is 23.8 Å². The zero-order chi connectivity index (χ0) is 25.3. The number of hydrogen-bond donors (Lipinski definition) is 2. The number of hydrogen-bond acceptors (Lipinski definition) is 5. The standard InChI is InChI=1S/C29H41N5O2/c1-5-24-25-19(2)18-30-28(35)29(25,3)27(33-26(24)31-21-14-16-34(4)17-15-21)32-20-10-12-23(13-11-20)36-22-8-6-7-9-22/h10-13,18,21-22,24-25H,5-9,14-17H2,1-4H3,(H,30,35)(H,31,32,33). The number of allylic oxidation sites excluding steroid dienone is 1. The summed E-state index contributed by atoms with van der Waals surface area (Å²) in [6.45, 7) is 8.46. The molecule has 36 heavy (non-hydrogen) atoms. The maximum absolute atomic E-state index is 13.4. The number of likely N-dealkylation sites (tertiary alicyclic amines) is 1. The van der Waals surface area contributed by atoms with E-state index in [0.29, 0.717) is 11.9 Å². The van der Waals surface area contributed by atoms with Crippen molar-refractivity contribution in [2.45, 2.75) is 77.9 Å². The van der Waals surface area contributed by atoms with Gasteiger partial charge in [0.05, 0.1) is 12.1 Å². The summed E-state index contributed by atoms with van der Waals surface area (Å²) in [5.74, 6) is 2.59. The molecule has 0 spiro atoms. The Hall–Kier alpha value is -2.67. The molecule has 1 aromatic rings. The number of carbonyl (C=O) groups excluding carboxylic acids is 1. The first kappa shape index (κ1) is 25.0. The highest BCUT2D eigenvalue weighted by Gasteiger charge is 2.55. The Morgan fingerprint density at radius 1 is 1.17 bits per heavy atom. The molecule has 1 saturated carbocycles. The quantitative estimate of drug-likeness (QED) is 0.607. The molecule has 0 bridgehead atoms. The molecule has 3 unspecified atom stereocenters. The maximum Gasteiger partial charge on any atom is 0.238 e. The molecule has 1 amide bonds. The first-order valence-corrected chi connectivity index (χ1v) is 13.7. The molecule has 2 fully saturated rings. The number of ether oxygens (including phenoxy) is 1. The number of aliphatic imine (C=N–C) groups is 2. The molecule has 1 aliphatic carbocycles. The maximum atomic E-state index is 13.4. The number of rotatable bonds is 5. The third-order valence-electron chi connectivity index (χ3n) is 8.63. The van der Waals surface area contributed by atoms with Gasteiger partial charge in [-0.05, 0) is 103 Å². The van der Waals surface area contributed by atoms with E-state index in [4.69, 9.17) is 14.7 Å². The Kier molecular flexibility index (Phi) is 7.20. The van der Waals surface area contributed by atoms with Gasteiger partial charge in [0.25, 0.3) is 0 Å². The molecule has 5 rings (SSSR count). The number of benzene rings is 1. The summed E-state index contributed by atoms with van der Waals surface area (Å²) in [6, 6.07) is 8.35. The lowest BCUT2D eigenvalue weighted by molar-refractivity contribution is -0.129. The van der Waals surface area contributed by atoms with Gasteiger partial charge in [0.15, 0.2) is 0 Å².